The largest absolute Gasteiger partial charge is 0.472 e. The summed E-state index contributed by atoms with van der Waals surface area (Å²) in [4.78, 5) is 33.8. The van der Waals surface area contributed by atoms with E-state index in [1.54, 1.807) is 6.92 Å². The summed E-state index contributed by atoms with van der Waals surface area (Å²) in [6, 6.07) is 0. The molecule has 0 aromatic rings. The monoisotopic (exact) mass is 494 g/mol. The molecular weight excluding hydrogens is 447 g/mol. The van der Waals surface area contributed by atoms with E-state index in [1.165, 1.54) is 32.1 Å². The normalized spacial score (nSPS) is 13.9. The van der Waals surface area contributed by atoms with Crippen molar-refractivity contribution in [3.8, 4) is 0 Å². The molecule has 0 saturated heterocycles. The highest BCUT2D eigenvalue weighted by atomic mass is 31.2. The number of hydrogen-bond acceptors (Lipinski definition) is 7. The number of rotatable bonds is 23. The molecule has 0 amide bonds. The van der Waals surface area contributed by atoms with E-state index in [9.17, 15) is 19.0 Å². The van der Waals surface area contributed by atoms with Gasteiger partial charge in [0.25, 0.3) is 0 Å². The fourth-order valence-electron chi connectivity index (χ4n) is 3.27. The predicted molar refractivity (Wildman–Crippen MR) is 129 cm³/mol. The fraction of sp³-hybridized carbons (Fsp3) is 0.917. The highest BCUT2D eigenvalue weighted by Crippen LogP contribution is 2.43. The third kappa shape index (κ3) is 21.3. The molecule has 0 saturated carbocycles. The van der Waals surface area contributed by atoms with Gasteiger partial charge < -0.3 is 14.4 Å². The molecule has 0 aliphatic rings. The topological polar surface area (TPSA) is 108 Å². The van der Waals surface area contributed by atoms with Crippen molar-refractivity contribution in [1.82, 2.24) is 0 Å². The maximum Gasteiger partial charge on any atom is 0.472 e. The van der Waals surface area contributed by atoms with Crippen LogP contribution >= 0.6 is 7.82 Å². The highest BCUT2D eigenvalue weighted by molar-refractivity contribution is 7.47. The molecule has 8 nitrogen and oxygen atoms in total. The molecule has 1 unspecified atom stereocenters. The lowest BCUT2D eigenvalue weighted by Crippen LogP contribution is -2.29. The Bertz CT molecular complexity index is 541. The summed E-state index contributed by atoms with van der Waals surface area (Å²) in [6.45, 7) is 5.29. The number of phosphoric ester groups is 1. The summed E-state index contributed by atoms with van der Waals surface area (Å²) in [6.07, 6.45) is 13.5. The zero-order valence-electron chi connectivity index (χ0n) is 21.1. The van der Waals surface area contributed by atoms with Crippen LogP contribution in [0.5, 0.6) is 0 Å². The van der Waals surface area contributed by atoms with Gasteiger partial charge in [-0.25, -0.2) is 4.57 Å². The van der Waals surface area contributed by atoms with Gasteiger partial charge in [-0.05, 0) is 19.8 Å². The number of hydrogen-bond donors (Lipinski definition) is 1. The van der Waals surface area contributed by atoms with Crippen LogP contribution in [0.4, 0.5) is 0 Å². The third-order valence-corrected chi connectivity index (χ3v) is 6.22. The van der Waals surface area contributed by atoms with E-state index < -0.39 is 19.9 Å². The highest BCUT2D eigenvalue weighted by Gasteiger charge is 2.25. The van der Waals surface area contributed by atoms with Gasteiger partial charge in [-0.2, -0.15) is 0 Å². The fourth-order valence-corrected chi connectivity index (χ4v) is 4.03. The smallest absolute Gasteiger partial charge is 0.462 e. The minimum atomic E-state index is -4.24. The van der Waals surface area contributed by atoms with E-state index in [4.69, 9.17) is 14.0 Å². The van der Waals surface area contributed by atoms with Gasteiger partial charge in [-0.3, -0.25) is 18.6 Å². The molecule has 196 valence electrons. The third-order valence-electron chi connectivity index (χ3n) is 5.16. The van der Waals surface area contributed by atoms with Crippen molar-refractivity contribution < 1.29 is 37.6 Å². The van der Waals surface area contributed by atoms with Crippen molar-refractivity contribution in [2.45, 2.75) is 123 Å². The molecule has 9 heteroatoms. The molecule has 1 N–H and O–H groups in total. The first kappa shape index (κ1) is 32.0. The number of esters is 2. The number of carbonyl (C=O) groups excluding carboxylic acids is 2. The second-order valence-electron chi connectivity index (χ2n) is 8.37. The molecule has 0 spiro atoms. The Hall–Kier alpha value is -0.950. The van der Waals surface area contributed by atoms with Gasteiger partial charge in [0.1, 0.15) is 6.61 Å². The molecule has 0 aliphatic heterocycles. The molecule has 2 atom stereocenters. The quantitative estimate of drug-likeness (QED) is 0.0976. The Balaban J connectivity index is 4.37. The van der Waals surface area contributed by atoms with Crippen LogP contribution in [0.15, 0.2) is 0 Å². The summed E-state index contributed by atoms with van der Waals surface area (Å²) in [5.41, 5.74) is 0. The van der Waals surface area contributed by atoms with Gasteiger partial charge in [0.15, 0.2) is 6.10 Å². The summed E-state index contributed by atoms with van der Waals surface area (Å²) in [5, 5.41) is 0. The minimum Gasteiger partial charge on any atom is -0.462 e. The first-order valence-electron chi connectivity index (χ1n) is 12.8. The first-order chi connectivity index (χ1) is 15.8. The molecule has 0 rings (SSSR count). The molecule has 0 radical (unpaired) electrons. The van der Waals surface area contributed by atoms with Crippen molar-refractivity contribution in [3.05, 3.63) is 0 Å². The lowest BCUT2D eigenvalue weighted by atomic mass is 10.1. The number of ether oxygens (including phenoxy) is 2. The molecule has 0 aliphatic carbocycles. The van der Waals surface area contributed by atoms with Crippen molar-refractivity contribution in [2.24, 2.45) is 0 Å². The Morgan fingerprint density at radius 1 is 0.697 bits per heavy atom. The van der Waals surface area contributed by atoms with Gasteiger partial charge in [-0.15, -0.1) is 0 Å². The van der Waals surface area contributed by atoms with Crippen LogP contribution in [0.3, 0.4) is 0 Å². The Morgan fingerprint density at radius 2 is 1.18 bits per heavy atom. The van der Waals surface area contributed by atoms with E-state index in [1.807, 2.05) is 0 Å². The van der Waals surface area contributed by atoms with Crippen LogP contribution in [-0.4, -0.2) is 42.8 Å². The summed E-state index contributed by atoms with van der Waals surface area (Å²) in [5.74, 6) is -0.816. The maximum atomic E-state index is 12.2. The molecule has 0 aromatic heterocycles. The standard InChI is InChI=1S/C24H47O8P/c1-4-7-9-11-13-15-16-18-23(25)29-20-22(21-31-33(27,28)30-6-3)32-24(26)19-17-14-12-10-8-5-2/h22H,4-21H2,1-3H3,(H,27,28)/t22-/m0/s1. The lowest BCUT2D eigenvalue weighted by Gasteiger charge is -2.19. The van der Waals surface area contributed by atoms with E-state index in [2.05, 4.69) is 18.4 Å². The SMILES string of the molecule is CCCCCCCCCC(=O)OC[C@@H](COP(=O)(O)OCC)OC(=O)CCCCCCCC. The summed E-state index contributed by atoms with van der Waals surface area (Å²) < 4.78 is 31.9. The van der Waals surface area contributed by atoms with Gasteiger partial charge in [0.2, 0.25) is 0 Å². The Morgan fingerprint density at radius 3 is 1.70 bits per heavy atom. The number of phosphoric acid groups is 1. The van der Waals surface area contributed by atoms with Crippen molar-refractivity contribution in [1.29, 1.82) is 0 Å². The van der Waals surface area contributed by atoms with Crippen LogP contribution in [0.25, 0.3) is 0 Å². The lowest BCUT2D eigenvalue weighted by molar-refractivity contribution is -0.161. The van der Waals surface area contributed by atoms with Gasteiger partial charge in [0, 0.05) is 12.8 Å². The van der Waals surface area contributed by atoms with E-state index >= 15 is 0 Å². The average molecular weight is 495 g/mol. The summed E-state index contributed by atoms with van der Waals surface area (Å²) >= 11 is 0. The van der Waals surface area contributed by atoms with Crippen molar-refractivity contribution >= 4 is 19.8 Å². The van der Waals surface area contributed by atoms with Crippen molar-refractivity contribution in [2.75, 3.05) is 19.8 Å². The Kier molecular flexibility index (Phi) is 21.0. The first-order valence-corrected chi connectivity index (χ1v) is 14.3. The molecule has 0 heterocycles. The van der Waals surface area contributed by atoms with Crippen molar-refractivity contribution in [3.63, 3.8) is 0 Å². The zero-order valence-corrected chi connectivity index (χ0v) is 22.0. The molecule has 0 bridgehead atoms. The minimum absolute atomic E-state index is 0.00366. The van der Waals surface area contributed by atoms with Crippen LogP contribution in [0.2, 0.25) is 0 Å². The van der Waals surface area contributed by atoms with Gasteiger partial charge in [-0.1, -0.05) is 84.5 Å². The molecule has 0 fully saturated rings. The Labute approximate surface area is 200 Å². The van der Waals surface area contributed by atoms with Crippen LogP contribution in [0, 0.1) is 0 Å². The number of carbonyl (C=O) groups is 2. The van der Waals surface area contributed by atoms with Gasteiger partial charge >= 0.3 is 19.8 Å². The van der Waals surface area contributed by atoms with Crippen LogP contribution in [-0.2, 0) is 32.7 Å². The van der Waals surface area contributed by atoms with Gasteiger partial charge in [0.05, 0.1) is 13.2 Å². The second-order valence-corrected chi connectivity index (χ2v) is 9.82. The van der Waals surface area contributed by atoms with Crippen LogP contribution in [0.1, 0.15) is 117 Å². The molecule has 33 heavy (non-hydrogen) atoms. The second kappa shape index (κ2) is 21.6. The van der Waals surface area contributed by atoms with E-state index in [0.29, 0.717) is 12.8 Å². The maximum absolute atomic E-state index is 12.2. The summed E-state index contributed by atoms with van der Waals surface area (Å²) in [7, 11) is -4.24. The number of unbranched alkanes of at least 4 members (excludes halogenated alkanes) is 11. The molecular formula is C24H47O8P. The predicted octanol–water partition coefficient (Wildman–Crippen LogP) is 6.49. The molecule has 0 aromatic carbocycles. The van der Waals surface area contributed by atoms with E-state index in [-0.39, 0.29) is 32.2 Å². The zero-order chi connectivity index (χ0) is 24.8. The average Bonchev–Trinajstić information content (AvgIpc) is 2.77. The van der Waals surface area contributed by atoms with E-state index in [0.717, 1.165) is 44.9 Å². The van der Waals surface area contributed by atoms with Crippen LogP contribution < -0.4 is 0 Å².